The Morgan fingerprint density at radius 1 is 1.31 bits per heavy atom. The summed E-state index contributed by atoms with van der Waals surface area (Å²) >= 11 is 0. The van der Waals surface area contributed by atoms with E-state index in [0.29, 0.717) is 6.54 Å². The maximum Gasteiger partial charge on any atom is 0.236 e. The Labute approximate surface area is 96.4 Å². The molecule has 92 valence electrons. The Bertz CT molecular complexity index is 270. The van der Waals surface area contributed by atoms with Crippen LogP contribution >= 0.6 is 0 Å². The summed E-state index contributed by atoms with van der Waals surface area (Å²) < 4.78 is 0. The second kappa shape index (κ2) is 5.30. The van der Waals surface area contributed by atoms with Crippen molar-refractivity contribution in [3.8, 4) is 0 Å². The second-order valence-corrected chi connectivity index (χ2v) is 4.94. The molecule has 0 aromatic heterocycles. The summed E-state index contributed by atoms with van der Waals surface area (Å²) in [5.74, 6) is -0.244. The van der Waals surface area contributed by atoms with Crippen molar-refractivity contribution in [1.82, 2.24) is 10.2 Å². The summed E-state index contributed by atoms with van der Waals surface area (Å²) in [6, 6.07) is 0. The van der Waals surface area contributed by atoms with Crippen LogP contribution in [0.2, 0.25) is 0 Å². The molecule has 1 saturated heterocycles. The van der Waals surface area contributed by atoms with Gasteiger partial charge in [-0.15, -0.1) is 0 Å². The predicted octanol–water partition coefficient (Wildman–Crippen LogP) is -0.290. The fourth-order valence-corrected chi connectivity index (χ4v) is 1.65. The van der Waals surface area contributed by atoms with E-state index < -0.39 is 5.41 Å². The average molecular weight is 227 g/mol. The molecule has 1 fully saturated rings. The van der Waals surface area contributed by atoms with Crippen LogP contribution in [0.4, 0.5) is 0 Å². The number of nitrogens with one attached hydrogen (secondary N) is 1. The normalized spacial score (nSPS) is 16.5. The molecule has 3 N–H and O–H groups in total. The Balaban J connectivity index is 2.24. The van der Waals surface area contributed by atoms with E-state index >= 15 is 0 Å². The maximum atomic E-state index is 11.6. The summed E-state index contributed by atoms with van der Waals surface area (Å²) in [5, 5.41) is 2.99. The highest BCUT2D eigenvalue weighted by Gasteiger charge is 2.25. The monoisotopic (exact) mass is 227 g/mol. The minimum Gasteiger partial charge on any atom is -0.369 e. The Morgan fingerprint density at radius 3 is 2.38 bits per heavy atom. The quantitative estimate of drug-likeness (QED) is 0.677. The van der Waals surface area contributed by atoms with Gasteiger partial charge < -0.3 is 16.0 Å². The average Bonchev–Trinajstić information content (AvgIpc) is 2.69. The molecular formula is C11H21N3O2. The van der Waals surface area contributed by atoms with E-state index in [4.69, 9.17) is 5.73 Å². The van der Waals surface area contributed by atoms with E-state index in [-0.39, 0.29) is 18.4 Å². The van der Waals surface area contributed by atoms with Crippen molar-refractivity contribution in [2.45, 2.75) is 26.7 Å². The lowest BCUT2D eigenvalue weighted by Gasteiger charge is -2.22. The van der Waals surface area contributed by atoms with E-state index in [1.807, 2.05) is 4.90 Å². The fourth-order valence-electron chi connectivity index (χ4n) is 1.65. The molecule has 0 atom stereocenters. The molecule has 1 rings (SSSR count). The lowest BCUT2D eigenvalue weighted by Crippen LogP contribution is -2.44. The number of likely N-dealkylation sites (tertiary alicyclic amines) is 1. The van der Waals surface area contributed by atoms with Crippen LogP contribution in [0, 0.1) is 5.41 Å². The highest BCUT2D eigenvalue weighted by atomic mass is 16.2. The van der Waals surface area contributed by atoms with Gasteiger partial charge >= 0.3 is 0 Å². The summed E-state index contributed by atoms with van der Waals surface area (Å²) in [6.07, 6.45) is 2.19. The molecule has 1 aliphatic heterocycles. The molecule has 0 saturated carbocycles. The molecule has 1 heterocycles. The van der Waals surface area contributed by atoms with Crippen molar-refractivity contribution in [3.63, 3.8) is 0 Å². The molecule has 0 spiro atoms. The van der Waals surface area contributed by atoms with Gasteiger partial charge in [-0.1, -0.05) is 0 Å². The zero-order valence-electron chi connectivity index (χ0n) is 10.1. The zero-order valence-corrected chi connectivity index (χ0v) is 10.1. The molecule has 16 heavy (non-hydrogen) atoms. The minimum absolute atomic E-state index is 0.109. The van der Waals surface area contributed by atoms with Crippen molar-refractivity contribution >= 4 is 11.8 Å². The molecule has 0 aromatic rings. The van der Waals surface area contributed by atoms with Crippen LogP contribution in [0.1, 0.15) is 26.7 Å². The topological polar surface area (TPSA) is 75.4 Å². The third-order valence-electron chi connectivity index (χ3n) is 2.97. The van der Waals surface area contributed by atoms with Crippen molar-refractivity contribution < 1.29 is 9.59 Å². The first-order valence-corrected chi connectivity index (χ1v) is 5.72. The predicted molar refractivity (Wildman–Crippen MR) is 61.7 cm³/mol. The number of nitrogens with zero attached hydrogens (tertiary/aromatic N) is 1. The molecule has 0 radical (unpaired) electrons. The van der Waals surface area contributed by atoms with Gasteiger partial charge in [0, 0.05) is 19.6 Å². The van der Waals surface area contributed by atoms with Gasteiger partial charge in [-0.25, -0.2) is 0 Å². The van der Waals surface area contributed by atoms with E-state index in [0.717, 1.165) is 25.9 Å². The van der Waals surface area contributed by atoms with Gasteiger partial charge in [-0.2, -0.15) is 0 Å². The number of carbonyl (C=O) groups excluding carboxylic acids is 2. The van der Waals surface area contributed by atoms with Crippen LogP contribution in [0.15, 0.2) is 0 Å². The Hall–Kier alpha value is -1.10. The standard InChI is InChI=1S/C11H21N3O2/c1-11(2,10(12)16)8-13-7-9(15)14-5-3-4-6-14/h13H,3-8H2,1-2H3,(H2,12,16). The van der Waals surface area contributed by atoms with E-state index in [1.165, 1.54) is 0 Å². The summed E-state index contributed by atoms with van der Waals surface area (Å²) in [4.78, 5) is 24.5. The van der Waals surface area contributed by atoms with Crippen molar-refractivity contribution in [2.75, 3.05) is 26.2 Å². The minimum atomic E-state index is -0.606. The molecule has 1 aliphatic rings. The third-order valence-corrected chi connectivity index (χ3v) is 2.97. The van der Waals surface area contributed by atoms with E-state index in [1.54, 1.807) is 13.8 Å². The second-order valence-electron chi connectivity index (χ2n) is 4.94. The molecular weight excluding hydrogens is 206 g/mol. The lowest BCUT2D eigenvalue weighted by atomic mass is 9.93. The molecule has 5 nitrogen and oxygen atoms in total. The van der Waals surface area contributed by atoms with Gasteiger partial charge in [0.1, 0.15) is 0 Å². The number of hydrogen-bond acceptors (Lipinski definition) is 3. The largest absolute Gasteiger partial charge is 0.369 e. The van der Waals surface area contributed by atoms with Crippen LogP contribution in [0.5, 0.6) is 0 Å². The third kappa shape index (κ3) is 3.48. The van der Waals surface area contributed by atoms with Crippen molar-refractivity contribution in [1.29, 1.82) is 0 Å². The smallest absolute Gasteiger partial charge is 0.236 e. The summed E-state index contributed by atoms with van der Waals surface area (Å²) in [5.41, 5.74) is 4.63. The van der Waals surface area contributed by atoms with Crippen LogP contribution in [0.25, 0.3) is 0 Å². The van der Waals surface area contributed by atoms with Crippen LogP contribution in [-0.4, -0.2) is 42.9 Å². The Kier molecular flexibility index (Phi) is 4.29. The zero-order chi connectivity index (χ0) is 12.2. The number of nitrogens with two attached hydrogens (primary N) is 1. The van der Waals surface area contributed by atoms with Gasteiger partial charge in [0.15, 0.2) is 0 Å². The Morgan fingerprint density at radius 2 is 1.88 bits per heavy atom. The van der Waals surface area contributed by atoms with Gasteiger partial charge in [0.05, 0.1) is 12.0 Å². The fraction of sp³-hybridized carbons (Fsp3) is 0.818. The highest BCUT2D eigenvalue weighted by Crippen LogP contribution is 2.12. The van der Waals surface area contributed by atoms with Crippen molar-refractivity contribution in [3.05, 3.63) is 0 Å². The number of amides is 2. The highest BCUT2D eigenvalue weighted by molar-refractivity contribution is 5.81. The molecule has 0 aliphatic carbocycles. The molecule has 0 bridgehead atoms. The van der Waals surface area contributed by atoms with Crippen molar-refractivity contribution in [2.24, 2.45) is 11.1 Å². The lowest BCUT2D eigenvalue weighted by molar-refractivity contribution is -0.130. The first-order chi connectivity index (χ1) is 7.43. The van der Waals surface area contributed by atoms with E-state index in [9.17, 15) is 9.59 Å². The van der Waals surface area contributed by atoms with E-state index in [2.05, 4.69) is 5.32 Å². The SMILES string of the molecule is CC(C)(CNCC(=O)N1CCCC1)C(N)=O. The van der Waals surface area contributed by atoms with Gasteiger partial charge in [0.25, 0.3) is 0 Å². The van der Waals surface area contributed by atoms with Crippen LogP contribution < -0.4 is 11.1 Å². The maximum absolute atomic E-state index is 11.6. The van der Waals surface area contributed by atoms with Gasteiger partial charge in [-0.05, 0) is 26.7 Å². The molecule has 2 amide bonds. The summed E-state index contributed by atoms with van der Waals surface area (Å²) in [6.45, 7) is 5.98. The number of primary amides is 1. The van der Waals surface area contributed by atoms with Crippen LogP contribution in [-0.2, 0) is 9.59 Å². The first kappa shape index (κ1) is 13.0. The number of carbonyl (C=O) groups is 2. The summed E-state index contributed by atoms with van der Waals surface area (Å²) in [7, 11) is 0. The number of hydrogen-bond donors (Lipinski definition) is 2. The first-order valence-electron chi connectivity index (χ1n) is 5.72. The molecule has 5 heteroatoms. The number of rotatable bonds is 5. The molecule has 0 unspecified atom stereocenters. The van der Waals surface area contributed by atoms with Gasteiger partial charge in [0.2, 0.25) is 11.8 Å². The van der Waals surface area contributed by atoms with Gasteiger partial charge in [-0.3, -0.25) is 9.59 Å². The van der Waals surface area contributed by atoms with Crippen LogP contribution in [0.3, 0.4) is 0 Å². The molecule has 0 aromatic carbocycles.